The van der Waals surface area contributed by atoms with Crippen LogP contribution in [0.15, 0.2) is 60.0 Å². The summed E-state index contributed by atoms with van der Waals surface area (Å²) in [4.78, 5) is 16.5. The van der Waals surface area contributed by atoms with Crippen molar-refractivity contribution in [2.24, 2.45) is 0 Å². The minimum absolute atomic E-state index is 0.0722. The Kier molecular flexibility index (Phi) is 4.55. The lowest BCUT2D eigenvalue weighted by atomic mass is 10.1. The molecule has 0 saturated carbocycles. The molecule has 5 heteroatoms. The zero-order valence-corrected chi connectivity index (χ0v) is 13.5. The summed E-state index contributed by atoms with van der Waals surface area (Å²) in [5.74, 6) is -0.107. The van der Waals surface area contributed by atoms with E-state index in [0.717, 1.165) is 10.6 Å². The van der Waals surface area contributed by atoms with Crippen molar-refractivity contribution in [2.75, 3.05) is 0 Å². The van der Waals surface area contributed by atoms with Crippen LogP contribution in [0.1, 0.15) is 16.1 Å². The Balaban J connectivity index is 1.76. The minimum Gasteiger partial charge on any atom is -0.508 e. The molecule has 0 unspecified atom stereocenters. The number of nitrogens with zero attached hydrogens (tertiary/aromatic N) is 1. The van der Waals surface area contributed by atoms with E-state index in [1.165, 1.54) is 29.5 Å². The van der Waals surface area contributed by atoms with E-state index in [1.54, 1.807) is 18.2 Å². The van der Waals surface area contributed by atoms with E-state index in [2.05, 4.69) is 4.98 Å². The molecule has 0 saturated heterocycles. The first-order chi connectivity index (χ1) is 11.1. The first kappa shape index (κ1) is 15.5. The zero-order valence-electron chi connectivity index (χ0n) is 11.9. The van der Waals surface area contributed by atoms with E-state index in [-0.39, 0.29) is 11.5 Å². The van der Waals surface area contributed by atoms with Gasteiger partial charge in [-0.05, 0) is 36.4 Å². The SMILES string of the molecule is O=C(/C=C/c1csc(-c2ccc(Cl)cc2)n1)c1cccc(O)c1. The van der Waals surface area contributed by atoms with Gasteiger partial charge in [-0.1, -0.05) is 35.9 Å². The monoisotopic (exact) mass is 341 g/mol. The van der Waals surface area contributed by atoms with Crippen molar-refractivity contribution in [1.29, 1.82) is 0 Å². The number of thiazole rings is 1. The lowest BCUT2D eigenvalue weighted by Gasteiger charge is -1.96. The second kappa shape index (κ2) is 6.77. The number of carbonyl (C=O) groups is 1. The average molecular weight is 342 g/mol. The Labute approximate surface area is 142 Å². The van der Waals surface area contributed by atoms with Gasteiger partial charge in [0.15, 0.2) is 5.78 Å². The van der Waals surface area contributed by atoms with Crippen molar-refractivity contribution in [3.05, 3.63) is 76.3 Å². The lowest BCUT2D eigenvalue weighted by Crippen LogP contribution is -1.93. The Morgan fingerprint density at radius 2 is 1.96 bits per heavy atom. The molecule has 3 rings (SSSR count). The Morgan fingerprint density at radius 1 is 1.17 bits per heavy atom. The van der Waals surface area contributed by atoms with Gasteiger partial charge in [0.05, 0.1) is 5.69 Å². The molecule has 114 valence electrons. The third-order valence-corrected chi connectivity index (χ3v) is 4.31. The Bertz CT molecular complexity index is 869. The van der Waals surface area contributed by atoms with Crippen LogP contribution in [-0.4, -0.2) is 15.9 Å². The molecule has 0 spiro atoms. The van der Waals surface area contributed by atoms with Gasteiger partial charge in [0.1, 0.15) is 10.8 Å². The summed E-state index contributed by atoms with van der Waals surface area (Å²) in [6.07, 6.45) is 3.12. The van der Waals surface area contributed by atoms with E-state index in [9.17, 15) is 9.90 Å². The topological polar surface area (TPSA) is 50.2 Å². The number of phenols is 1. The molecular weight excluding hydrogens is 330 g/mol. The fourth-order valence-corrected chi connectivity index (χ4v) is 2.92. The summed E-state index contributed by atoms with van der Waals surface area (Å²) in [6, 6.07) is 13.7. The summed E-state index contributed by atoms with van der Waals surface area (Å²) in [5.41, 5.74) is 2.14. The third kappa shape index (κ3) is 3.86. The number of ketones is 1. The first-order valence-corrected chi connectivity index (χ1v) is 8.10. The summed E-state index contributed by atoms with van der Waals surface area (Å²) in [5, 5.41) is 12.8. The number of carbonyl (C=O) groups excluding carboxylic acids is 1. The number of halogens is 1. The molecule has 1 aromatic heterocycles. The Hall–Kier alpha value is -2.43. The van der Waals surface area contributed by atoms with E-state index in [1.807, 2.05) is 29.6 Å². The van der Waals surface area contributed by atoms with Crippen LogP contribution < -0.4 is 0 Å². The van der Waals surface area contributed by atoms with Gasteiger partial charge >= 0.3 is 0 Å². The van der Waals surface area contributed by atoms with E-state index in [0.29, 0.717) is 16.3 Å². The van der Waals surface area contributed by atoms with Gasteiger partial charge in [0.2, 0.25) is 0 Å². The second-order valence-electron chi connectivity index (χ2n) is 4.83. The van der Waals surface area contributed by atoms with Gasteiger partial charge in [-0.2, -0.15) is 0 Å². The zero-order chi connectivity index (χ0) is 16.2. The largest absolute Gasteiger partial charge is 0.508 e. The van der Waals surface area contributed by atoms with Gasteiger partial charge in [-0.15, -0.1) is 11.3 Å². The van der Waals surface area contributed by atoms with Gasteiger partial charge in [-0.25, -0.2) is 4.98 Å². The van der Waals surface area contributed by atoms with Crippen LogP contribution in [0, 0.1) is 0 Å². The highest BCUT2D eigenvalue weighted by Crippen LogP contribution is 2.25. The van der Waals surface area contributed by atoms with Gasteiger partial charge < -0.3 is 5.11 Å². The van der Waals surface area contributed by atoms with Gasteiger partial charge in [0.25, 0.3) is 0 Å². The number of aromatic nitrogens is 1. The van der Waals surface area contributed by atoms with Crippen LogP contribution in [-0.2, 0) is 0 Å². The maximum atomic E-state index is 12.0. The number of rotatable bonds is 4. The van der Waals surface area contributed by atoms with Crippen LogP contribution in [0.4, 0.5) is 0 Å². The summed E-state index contributed by atoms with van der Waals surface area (Å²) in [6.45, 7) is 0. The molecular formula is C18H12ClNO2S. The maximum absolute atomic E-state index is 12.0. The molecule has 0 amide bonds. The molecule has 0 aliphatic carbocycles. The van der Waals surface area contributed by atoms with Gasteiger partial charge in [0, 0.05) is 21.5 Å². The van der Waals surface area contributed by atoms with Crippen LogP contribution in [0.25, 0.3) is 16.6 Å². The van der Waals surface area contributed by atoms with Gasteiger partial charge in [-0.3, -0.25) is 4.79 Å². The van der Waals surface area contributed by atoms with Crippen molar-refractivity contribution in [3.63, 3.8) is 0 Å². The fourth-order valence-electron chi connectivity index (χ4n) is 2.00. The summed E-state index contributed by atoms with van der Waals surface area (Å²) in [7, 11) is 0. The van der Waals surface area contributed by atoms with Crippen molar-refractivity contribution in [2.45, 2.75) is 0 Å². The minimum atomic E-state index is -0.179. The average Bonchev–Trinajstić information content (AvgIpc) is 3.02. The van der Waals surface area contributed by atoms with Crippen LogP contribution >= 0.6 is 22.9 Å². The van der Waals surface area contributed by atoms with Crippen LogP contribution in [0.5, 0.6) is 5.75 Å². The predicted molar refractivity (Wildman–Crippen MR) is 94.0 cm³/mol. The second-order valence-corrected chi connectivity index (χ2v) is 6.13. The molecule has 0 aliphatic rings. The number of aromatic hydroxyl groups is 1. The smallest absolute Gasteiger partial charge is 0.186 e. The molecule has 0 radical (unpaired) electrons. The highest BCUT2D eigenvalue weighted by molar-refractivity contribution is 7.13. The molecule has 3 aromatic rings. The Morgan fingerprint density at radius 3 is 2.70 bits per heavy atom. The molecule has 0 atom stereocenters. The molecule has 0 fully saturated rings. The molecule has 2 aromatic carbocycles. The fraction of sp³-hybridized carbons (Fsp3) is 0. The highest BCUT2D eigenvalue weighted by atomic mass is 35.5. The normalized spacial score (nSPS) is 11.0. The van der Waals surface area contributed by atoms with Crippen molar-refractivity contribution in [3.8, 4) is 16.3 Å². The third-order valence-electron chi connectivity index (χ3n) is 3.15. The van der Waals surface area contributed by atoms with E-state index < -0.39 is 0 Å². The molecule has 0 bridgehead atoms. The number of hydrogen-bond donors (Lipinski definition) is 1. The van der Waals surface area contributed by atoms with Crippen molar-refractivity contribution >= 4 is 34.8 Å². The number of benzene rings is 2. The standard InChI is InChI=1S/C18H12ClNO2S/c19-14-6-4-12(5-7-14)18-20-15(11-23-18)8-9-17(22)13-2-1-3-16(21)10-13/h1-11,21H/b9-8+. The summed E-state index contributed by atoms with van der Waals surface area (Å²) < 4.78 is 0. The van der Waals surface area contributed by atoms with Crippen LogP contribution in [0.3, 0.4) is 0 Å². The van der Waals surface area contributed by atoms with Crippen molar-refractivity contribution < 1.29 is 9.90 Å². The highest BCUT2D eigenvalue weighted by Gasteiger charge is 2.05. The van der Waals surface area contributed by atoms with Crippen molar-refractivity contribution in [1.82, 2.24) is 4.98 Å². The van der Waals surface area contributed by atoms with E-state index >= 15 is 0 Å². The predicted octanol–water partition coefficient (Wildman–Crippen LogP) is 5.07. The lowest BCUT2D eigenvalue weighted by molar-refractivity contribution is 0.104. The number of phenolic OH excluding ortho intramolecular Hbond substituents is 1. The maximum Gasteiger partial charge on any atom is 0.186 e. The molecule has 23 heavy (non-hydrogen) atoms. The molecule has 3 nitrogen and oxygen atoms in total. The molecule has 0 aliphatic heterocycles. The number of allylic oxidation sites excluding steroid dienone is 1. The number of hydrogen-bond acceptors (Lipinski definition) is 4. The van der Waals surface area contributed by atoms with Crippen LogP contribution in [0.2, 0.25) is 5.02 Å². The van der Waals surface area contributed by atoms with E-state index in [4.69, 9.17) is 11.6 Å². The summed E-state index contributed by atoms with van der Waals surface area (Å²) >= 11 is 7.38. The molecule has 1 heterocycles. The molecule has 1 N–H and O–H groups in total. The quantitative estimate of drug-likeness (QED) is 0.532. The first-order valence-electron chi connectivity index (χ1n) is 6.85.